The number of thioether (sulfide) groups is 1. The molecule has 0 radical (unpaired) electrons. The molecule has 1 N–H and O–H groups in total. The molecule has 0 aliphatic heterocycles. The number of nitrogens with one attached hydrogen (secondary N) is 1. The van der Waals surface area contributed by atoms with Crippen molar-refractivity contribution in [2.75, 3.05) is 30.1 Å². The van der Waals surface area contributed by atoms with Crippen LogP contribution in [-0.4, -0.2) is 36.5 Å². The first kappa shape index (κ1) is 19.6. The van der Waals surface area contributed by atoms with E-state index in [-0.39, 0.29) is 18.1 Å². The number of hydrogen-bond donors (Lipinski definition) is 1. The minimum absolute atomic E-state index is 0.102. The van der Waals surface area contributed by atoms with Crippen LogP contribution >= 0.6 is 34.4 Å². The summed E-state index contributed by atoms with van der Waals surface area (Å²) in [6, 6.07) is 11.4. The average molecular weight is 418 g/mol. The molecular weight excluding hydrogens is 398 g/mol. The Kier molecular flexibility index (Phi) is 6.65. The van der Waals surface area contributed by atoms with Crippen LogP contribution in [0.2, 0.25) is 0 Å². The van der Waals surface area contributed by atoms with Gasteiger partial charge in [0.05, 0.1) is 22.7 Å². The Labute approximate surface area is 170 Å². The largest absolute Gasteiger partial charge is 0.378 e. The Morgan fingerprint density at radius 3 is 2.59 bits per heavy atom. The summed E-state index contributed by atoms with van der Waals surface area (Å²) in [6.45, 7) is 0. The van der Waals surface area contributed by atoms with Gasteiger partial charge in [-0.2, -0.15) is 0 Å². The molecule has 0 aliphatic carbocycles. The summed E-state index contributed by atoms with van der Waals surface area (Å²) in [4.78, 5) is 31.5. The number of hydrogen-bond acceptors (Lipinski definition) is 7. The second-order valence-corrected chi connectivity index (χ2v) is 8.99. The maximum absolute atomic E-state index is 12.2. The highest BCUT2D eigenvalue weighted by Crippen LogP contribution is 2.25. The van der Waals surface area contributed by atoms with Crippen LogP contribution in [0.5, 0.6) is 0 Å². The maximum Gasteiger partial charge on any atom is 0.230 e. The minimum Gasteiger partial charge on any atom is -0.378 e. The van der Waals surface area contributed by atoms with Crippen LogP contribution in [0.1, 0.15) is 15.4 Å². The van der Waals surface area contributed by atoms with Crippen LogP contribution in [0.4, 0.5) is 11.4 Å². The smallest absolute Gasteiger partial charge is 0.230 e. The molecule has 0 bridgehead atoms. The molecule has 27 heavy (non-hydrogen) atoms. The number of amides is 1. The summed E-state index contributed by atoms with van der Waals surface area (Å²) in [7, 11) is 3.94. The third-order valence-corrected chi connectivity index (χ3v) is 6.64. The van der Waals surface area contributed by atoms with Crippen molar-refractivity contribution in [2.45, 2.75) is 10.8 Å². The quantitative estimate of drug-likeness (QED) is 0.434. The number of ketones is 1. The fraction of sp³-hybridized carbons (Fsp3) is 0.211. The van der Waals surface area contributed by atoms with Gasteiger partial charge in [0.2, 0.25) is 5.91 Å². The van der Waals surface area contributed by atoms with E-state index >= 15 is 0 Å². The van der Waals surface area contributed by atoms with Gasteiger partial charge >= 0.3 is 0 Å². The molecule has 2 aromatic heterocycles. The zero-order chi connectivity index (χ0) is 19.2. The topological polar surface area (TPSA) is 62.3 Å². The van der Waals surface area contributed by atoms with E-state index in [1.807, 2.05) is 66.2 Å². The van der Waals surface area contributed by atoms with Gasteiger partial charge in [-0.3, -0.25) is 9.59 Å². The lowest BCUT2D eigenvalue weighted by Crippen LogP contribution is -2.15. The molecule has 3 aromatic rings. The van der Waals surface area contributed by atoms with Gasteiger partial charge in [0.25, 0.3) is 0 Å². The van der Waals surface area contributed by atoms with Crippen LogP contribution in [0.15, 0.2) is 51.5 Å². The normalized spacial score (nSPS) is 10.6. The summed E-state index contributed by atoms with van der Waals surface area (Å²) in [5.41, 5.74) is 2.55. The van der Waals surface area contributed by atoms with E-state index in [2.05, 4.69) is 10.3 Å². The number of benzene rings is 1. The highest BCUT2D eigenvalue weighted by Gasteiger charge is 2.12. The highest BCUT2D eigenvalue weighted by atomic mass is 32.2. The molecule has 1 aromatic carbocycles. The number of carbonyl (C=O) groups is 2. The fourth-order valence-corrected chi connectivity index (χ4v) is 4.77. The second-order valence-electron chi connectivity index (χ2n) is 5.96. The van der Waals surface area contributed by atoms with E-state index in [1.165, 1.54) is 34.4 Å². The van der Waals surface area contributed by atoms with Crippen molar-refractivity contribution >= 4 is 57.5 Å². The number of nitrogens with zero attached hydrogens (tertiary/aromatic N) is 2. The van der Waals surface area contributed by atoms with Crippen molar-refractivity contribution in [2.24, 2.45) is 0 Å². The van der Waals surface area contributed by atoms with Crippen molar-refractivity contribution in [3.8, 4) is 0 Å². The SMILES string of the molecule is CN(C)c1ccc(NC(=O)Cc2csc(SCC(=O)c3cccs3)n2)cc1. The standard InChI is InChI=1S/C19H19N3O2S3/c1-22(2)15-7-5-13(6-8-15)20-18(24)10-14-11-26-19(21-14)27-12-16(23)17-4-3-9-25-17/h3-9,11H,10,12H2,1-2H3,(H,20,24). The summed E-state index contributed by atoms with van der Waals surface area (Å²) < 4.78 is 0.804. The lowest BCUT2D eigenvalue weighted by atomic mass is 10.2. The third kappa shape index (κ3) is 5.66. The number of aromatic nitrogens is 1. The molecule has 1 amide bonds. The van der Waals surface area contributed by atoms with Gasteiger partial charge in [0, 0.05) is 30.9 Å². The molecule has 3 rings (SSSR count). The van der Waals surface area contributed by atoms with E-state index in [4.69, 9.17) is 0 Å². The summed E-state index contributed by atoms with van der Waals surface area (Å²) in [6.07, 6.45) is 0.214. The van der Waals surface area contributed by atoms with E-state index in [0.717, 1.165) is 20.6 Å². The average Bonchev–Trinajstić information content (AvgIpc) is 3.32. The molecule has 8 heteroatoms. The summed E-state index contributed by atoms with van der Waals surface area (Å²) in [5.74, 6) is 0.354. The Balaban J connectivity index is 1.49. The van der Waals surface area contributed by atoms with E-state index in [9.17, 15) is 9.59 Å². The predicted octanol–water partition coefficient (Wildman–Crippen LogP) is 4.43. The zero-order valence-corrected chi connectivity index (χ0v) is 17.4. The number of Topliss-reactive ketones (excluding diaryl/α,β-unsaturated/α-hetero) is 1. The Hall–Kier alpha value is -2.16. The molecule has 140 valence electrons. The highest BCUT2D eigenvalue weighted by molar-refractivity contribution is 8.01. The van der Waals surface area contributed by atoms with Gasteiger partial charge in [0.15, 0.2) is 10.1 Å². The van der Waals surface area contributed by atoms with Crippen molar-refractivity contribution in [3.63, 3.8) is 0 Å². The lowest BCUT2D eigenvalue weighted by Gasteiger charge is -2.12. The molecule has 0 aliphatic rings. The van der Waals surface area contributed by atoms with Crippen LogP contribution in [0.3, 0.4) is 0 Å². The van der Waals surface area contributed by atoms with Crippen molar-refractivity contribution < 1.29 is 9.59 Å². The van der Waals surface area contributed by atoms with Gasteiger partial charge in [-0.1, -0.05) is 17.8 Å². The first-order chi connectivity index (χ1) is 13.0. The molecular formula is C19H19N3O2S3. The number of thiazole rings is 1. The number of carbonyl (C=O) groups excluding carboxylic acids is 2. The molecule has 0 saturated heterocycles. The van der Waals surface area contributed by atoms with Gasteiger partial charge in [-0.05, 0) is 35.7 Å². The molecule has 5 nitrogen and oxygen atoms in total. The molecule has 0 atom stereocenters. The molecule has 0 fully saturated rings. The summed E-state index contributed by atoms with van der Waals surface area (Å²) >= 11 is 4.32. The predicted molar refractivity (Wildman–Crippen MR) is 115 cm³/mol. The van der Waals surface area contributed by atoms with Crippen LogP contribution in [0, 0.1) is 0 Å². The van der Waals surface area contributed by atoms with E-state index in [0.29, 0.717) is 11.4 Å². The molecule has 2 heterocycles. The number of thiophene rings is 1. The van der Waals surface area contributed by atoms with E-state index in [1.54, 1.807) is 0 Å². The Bertz CT molecular complexity index is 903. The molecule has 0 spiro atoms. The first-order valence-electron chi connectivity index (χ1n) is 8.22. The first-order valence-corrected chi connectivity index (χ1v) is 11.0. The van der Waals surface area contributed by atoms with Crippen molar-refractivity contribution in [3.05, 3.63) is 57.7 Å². The second kappa shape index (κ2) is 9.16. The number of anilines is 2. The van der Waals surface area contributed by atoms with Crippen molar-refractivity contribution in [1.29, 1.82) is 0 Å². The Morgan fingerprint density at radius 1 is 1.15 bits per heavy atom. The van der Waals surface area contributed by atoms with E-state index < -0.39 is 0 Å². The molecule has 0 saturated carbocycles. The van der Waals surface area contributed by atoms with Crippen molar-refractivity contribution in [1.82, 2.24) is 4.98 Å². The lowest BCUT2D eigenvalue weighted by molar-refractivity contribution is -0.115. The monoisotopic (exact) mass is 417 g/mol. The third-order valence-electron chi connectivity index (χ3n) is 3.66. The summed E-state index contributed by atoms with van der Waals surface area (Å²) in [5, 5.41) is 6.64. The van der Waals surface area contributed by atoms with Gasteiger partial charge in [-0.15, -0.1) is 22.7 Å². The Morgan fingerprint density at radius 2 is 1.93 bits per heavy atom. The van der Waals surface area contributed by atoms with Crippen LogP contribution in [-0.2, 0) is 11.2 Å². The van der Waals surface area contributed by atoms with Gasteiger partial charge in [0.1, 0.15) is 0 Å². The van der Waals surface area contributed by atoms with Gasteiger partial charge in [-0.25, -0.2) is 4.98 Å². The van der Waals surface area contributed by atoms with Gasteiger partial charge < -0.3 is 10.2 Å². The van der Waals surface area contributed by atoms with Crippen LogP contribution < -0.4 is 10.2 Å². The fourth-order valence-electron chi connectivity index (χ4n) is 2.28. The zero-order valence-electron chi connectivity index (χ0n) is 15.0. The molecule has 0 unspecified atom stereocenters. The number of rotatable bonds is 8. The minimum atomic E-state index is -0.107. The van der Waals surface area contributed by atoms with Crippen LogP contribution in [0.25, 0.3) is 0 Å². The maximum atomic E-state index is 12.2.